The number of hydrogen-bond donors (Lipinski definition) is 2. The van der Waals surface area contributed by atoms with E-state index in [1.54, 1.807) is 13.8 Å². The Kier molecular flexibility index (Phi) is 3.61. The van der Waals surface area contributed by atoms with Gasteiger partial charge < -0.3 is 16.0 Å². The van der Waals surface area contributed by atoms with E-state index in [2.05, 4.69) is 5.32 Å². The van der Waals surface area contributed by atoms with Crippen LogP contribution in [-0.4, -0.2) is 41.4 Å². The Morgan fingerprint density at radius 2 is 1.72 bits per heavy atom. The summed E-state index contributed by atoms with van der Waals surface area (Å²) in [5.74, 6) is 0.479. The van der Waals surface area contributed by atoms with Gasteiger partial charge in [0.25, 0.3) is 0 Å². The summed E-state index contributed by atoms with van der Waals surface area (Å²) in [5.41, 5.74) is 4.91. The highest BCUT2D eigenvalue weighted by Crippen LogP contribution is 2.31. The number of amides is 2. The molecule has 18 heavy (non-hydrogen) atoms. The second-order valence-corrected chi connectivity index (χ2v) is 6.07. The van der Waals surface area contributed by atoms with Gasteiger partial charge in [-0.15, -0.1) is 0 Å². The lowest BCUT2D eigenvalue weighted by atomic mass is 10.0. The predicted molar refractivity (Wildman–Crippen MR) is 68.7 cm³/mol. The molecule has 1 heterocycles. The van der Waals surface area contributed by atoms with Gasteiger partial charge in [-0.25, -0.2) is 0 Å². The van der Waals surface area contributed by atoms with Crippen LogP contribution in [0, 0.1) is 5.92 Å². The van der Waals surface area contributed by atoms with Crippen LogP contribution in [0.25, 0.3) is 0 Å². The molecular formula is C13H23N3O2. The molecule has 1 saturated heterocycles. The molecule has 2 rings (SSSR count). The highest BCUT2D eigenvalue weighted by molar-refractivity contribution is 5.85. The first-order valence-electron chi connectivity index (χ1n) is 6.76. The molecule has 5 nitrogen and oxygen atoms in total. The molecule has 0 radical (unpaired) electrons. The van der Waals surface area contributed by atoms with Gasteiger partial charge in [-0.1, -0.05) is 0 Å². The summed E-state index contributed by atoms with van der Waals surface area (Å²) in [6.45, 7) is 4.92. The summed E-state index contributed by atoms with van der Waals surface area (Å²) in [4.78, 5) is 25.6. The molecule has 2 fully saturated rings. The van der Waals surface area contributed by atoms with Crippen molar-refractivity contribution in [1.29, 1.82) is 0 Å². The molecule has 1 aliphatic heterocycles. The monoisotopic (exact) mass is 253 g/mol. The third-order valence-electron chi connectivity index (χ3n) is 3.65. The Labute approximate surface area is 108 Å². The molecule has 0 aromatic carbocycles. The van der Waals surface area contributed by atoms with Crippen LogP contribution < -0.4 is 11.1 Å². The largest absolute Gasteiger partial charge is 0.352 e. The lowest BCUT2D eigenvalue weighted by molar-refractivity contribution is -0.133. The Morgan fingerprint density at radius 3 is 2.17 bits per heavy atom. The van der Waals surface area contributed by atoms with E-state index in [1.807, 2.05) is 4.90 Å². The number of carbonyl (C=O) groups excluding carboxylic acids is 2. The number of piperidine rings is 1. The number of carbonyl (C=O) groups is 2. The van der Waals surface area contributed by atoms with Gasteiger partial charge in [0.1, 0.15) is 0 Å². The fraction of sp³-hybridized carbons (Fsp3) is 0.846. The number of rotatable bonds is 3. The third-order valence-corrected chi connectivity index (χ3v) is 3.65. The summed E-state index contributed by atoms with van der Waals surface area (Å²) in [5, 5.41) is 2.96. The van der Waals surface area contributed by atoms with Crippen molar-refractivity contribution < 1.29 is 9.59 Å². The smallest absolute Gasteiger partial charge is 0.239 e. The van der Waals surface area contributed by atoms with Crippen LogP contribution >= 0.6 is 0 Å². The second kappa shape index (κ2) is 4.88. The lowest BCUT2D eigenvalue weighted by Crippen LogP contribution is -2.54. The van der Waals surface area contributed by atoms with Crippen LogP contribution in [0.5, 0.6) is 0 Å². The average Bonchev–Trinajstić information content (AvgIpc) is 3.11. The molecule has 2 amide bonds. The predicted octanol–water partition coefficient (Wildman–Crippen LogP) is 0.241. The van der Waals surface area contributed by atoms with Crippen molar-refractivity contribution in [3.8, 4) is 0 Å². The van der Waals surface area contributed by atoms with E-state index in [-0.39, 0.29) is 11.9 Å². The van der Waals surface area contributed by atoms with Gasteiger partial charge in [0.05, 0.1) is 5.54 Å². The summed E-state index contributed by atoms with van der Waals surface area (Å²) < 4.78 is 0. The van der Waals surface area contributed by atoms with Gasteiger partial charge in [0.2, 0.25) is 11.8 Å². The second-order valence-electron chi connectivity index (χ2n) is 6.07. The SMILES string of the molecule is CC(C)(N)C(=O)NC1CCN(C(=O)C2CC2)CC1. The highest BCUT2D eigenvalue weighted by Gasteiger charge is 2.35. The number of likely N-dealkylation sites (tertiary alicyclic amines) is 1. The zero-order chi connectivity index (χ0) is 13.3. The average molecular weight is 253 g/mol. The van der Waals surface area contributed by atoms with Crippen LogP contribution in [0.2, 0.25) is 0 Å². The zero-order valence-corrected chi connectivity index (χ0v) is 11.2. The minimum absolute atomic E-state index is 0.116. The number of nitrogens with two attached hydrogens (primary N) is 1. The number of hydrogen-bond acceptors (Lipinski definition) is 3. The molecule has 0 bridgehead atoms. The van der Waals surface area contributed by atoms with E-state index >= 15 is 0 Å². The summed E-state index contributed by atoms with van der Waals surface area (Å²) in [6.07, 6.45) is 3.77. The molecule has 0 spiro atoms. The van der Waals surface area contributed by atoms with Crippen LogP contribution in [-0.2, 0) is 9.59 Å². The van der Waals surface area contributed by atoms with Crippen LogP contribution in [0.1, 0.15) is 39.5 Å². The lowest BCUT2D eigenvalue weighted by Gasteiger charge is -2.33. The van der Waals surface area contributed by atoms with E-state index < -0.39 is 5.54 Å². The summed E-state index contributed by atoms with van der Waals surface area (Å²) in [7, 11) is 0. The number of nitrogens with zero attached hydrogens (tertiary/aromatic N) is 1. The van der Waals surface area contributed by atoms with Crippen molar-refractivity contribution in [3.63, 3.8) is 0 Å². The fourth-order valence-electron chi connectivity index (χ4n) is 2.20. The third kappa shape index (κ3) is 3.22. The molecule has 0 aromatic heterocycles. The van der Waals surface area contributed by atoms with Gasteiger partial charge >= 0.3 is 0 Å². The van der Waals surface area contributed by atoms with Gasteiger partial charge in [-0.3, -0.25) is 9.59 Å². The first-order chi connectivity index (χ1) is 8.38. The minimum atomic E-state index is -0.832. The van der Waals surface area contributed by atoms with Crippen molar-refractivity contribution in [2.75, 3.05) is 13.1 Å². The molecule has 5 heteroatoms. The van der Waals surface area contributed by atoms with Crippen molar-refractivity contribution in [2.45, 2.75) is 51.1 Å². The Hall–Kier alpha value is -1.10. The van der Waals surface area contributed by atoms with Crippen molar-refractivity contribution >= 4 is 11.8 Å². The van der Waals surface area contributed by atoms with Gasteiger partial charge in [-0.05, 0) is 39.5 Å². The first kappa shape index (κ1) is 13.3. The molecule has 0 atom stereocenters. The fourth-order valence-corrected chi connectivity index (χ4v) is 2.20. The van der Waals surface area contributed by atoms with E-state index in [1.165, 1.54) is 0 Å². The van der Waals surface area contributed by atoms with Gasteiger partial charge in [0.15, 0.2) is 0 Å². The molecule has 1 aliphatic carbocycles. The maximum absolute atomic E-state index is 11.9. The van der Waals surface area contributed by atoms with Gasteiger partial charge in [0, 0.05) is 25.0 Å². The Bertz CT molecular complexity index is 337. The first-order valence-corrected chi connectivity index (χ1v) is 6.76. The minimum Gasteiger partial charge on any atom is -0.352 e. The summed E-state index contributed by atoms with van der Waals surface area (Å²) >= 11 is 0. The van der Waals surface area contributed by atoms with Crippen LogP contribution in [0.15, 0.2) is 0 Å². The van der Waals surface area contributed by atoms with Crippen molar-refractivity contribution in [2.24, 2.45) is 11.7 Å². The highest BCUT2D eigenvalue weighted by atomic mass is 16.2. The molecular weight excluding hydrogens is 230 g/mol. The van der Waals surface area contributed by atoms with Crippen molar-refractivity contribution in [1.82, 2.24) is 10.2 Å². The number of nitrogens with one attached hydrogen (secondary N) is 1. The molecule has 0 unspecified atom stereocenters. The van der Waals surface area contributed by atoms with Crippen LogP contribution in [0.3, 0.4) is 0 Å². The Morgan fingerprint density at radius 1 is 1.17 bits per heavy atom. The summed E-state index contributed by atoms with van der Waals surface area (Å²) in [6, 6.07) is 0.156. The maximum atomic E-state index is 11.9. The molecule has 2 aliphatic rings. The Balaban J connectivity index is 1.76. The molecule has 0 aromatic rings. The van der Waals surface area contributed by atoms with Crippen LogP contribution in [0.4, 0.5) is 0 Å². The van der Waals surface area contributed by atoms with Crippen molar-refractivity contribution in [3.05, 3.63) is 0 Å². The van der Waals surface area contributed by atoms with Gasteiger partial charge in [-0.2, -0.15) is 0 Å². The van der Waals surface area contributed by atoms with E-state index in [0.29, 0.717) is 11.8 Å². The molecule has 102 valence electrons. The zero-order valence-electron chi connectivity index (χ0n) is 11.2. The maximum Gasteiger partial charge on any atom is 0.239 e. The molecule has 3 N–H and O–H groups in total. The quantitative estimate of drug-likeness (QED) is 0.756. The van der Waals surface area contributed by atoms with E-state index in [0.717, 1.165) is 38.8 Å². The van der Waals surface area contributed by atoms with E-state index in [4.69, 9.17) is 5.73 Å². The van der Waals surface area contributed by atoms with E-state index in [9.17, 15) is 9.59 Å². The standard InChI is InChI=1S/C13H23N3O2/c1-13(2,14)12(18)15-10-5-7-16(8-6-10)11(17)9-3-4-9/h9-10H,3-8,14H2,1-2H3,(H,15,18). The topological polar surface area (TPSA) is 75.4 Å². The molecule has 1 saturated carbocycles. The normalized spacial score (nSPS) is 21.8.